The van der Waals surface area contributed by atoms with E-state index in [9.17, 15) is 15.0 Å². The number of benzene rings is 1. The monoisotopic (exact) mass is 340 g/mol. The zero-order chi connectivity index (χ0) is 17.2. The van der Waals surface area contributed by atoms with Crippen molar-refractivity contribution in [2.75, 3.05) is 13.1 Å². The molecule has 5 nitrogen and oxygen atoms in total. The highest BCUT2D eigenvalue weighted by atomic mass is 35.5. The fraction of sp³-hybridized carbons (Fsp3) is 0.588. The molecule has 1 aromatic rings. The van der Waals surface area contributed by atoms with Crippen LogP contribution < -0.4 is 5.73 Å². The Bertz CT molecular complexity index is 547. The molecule has 1 amide bonds. The second kappa shape index (κ2) is 7.18. The Labute approximate surface area is 142 Å². The van der Waals surface area contributed by atoms with Crippen LogP contribution in [0.1, 0.15) is 25.8 Å². The van der Waals surface area contributed by atoms with E-state index < -0.39 is 23.7 Å². The quantitative estimate of drug-likeness (QED) is 0.768. The van der Waals surface area contributed by atoms with E-state index in [4.69, 9.17) is 17.3 Å². The highest BCUT2D eigenvalue weighted by molar-refractivity contribution is 6.30. The van der Waals surface area contributed by atoms with Gasteiger partial charge in [-0.1, -0.05) is 37.6 Å². The van der Waals surface area contributed by atoms with Crippen molar-refractivity contribution in [2.45, 2.75) is 44.9 Å². The summed E-state index contributed by atoms with van der Waals surface area (Å²) in [5, 5.41) is 20.0. The third-order valence-corrected chi connectivity index (χ3v) is 4.79. The van der Waals surface area contributed by atoms with Crippen molar-refractivity contribution >= 4 is 17.5 Å². The lowest BCUT2D eigenvalue weighted by Crippen LogP contribution is -2.57. The second-order valence-corrected chi connectivity index (χ2v) is 7.41. The van der Waals surface area contributed by atoms with Crippen LogP contribution in [-0.4, -0.2) is 52.4 Å². The molecule has 1 aliphatic rings. The molecule has 1 unspecified atom stereocenters. The Hall–Kier alpha value is -1.14. The van der Waals surface area contributed by atoms with E-state index in [1.54, 1.807) is 4.90 Å². The Morgan fingerprint density at radius 3 is 2.52 bits per heavy atom. The van der Waals surface area contributed by atoms with Crippen LogP contribution in [-0.2, 0) is 11.2 Å². The number of carbonyl (C=O) groups is 1. The molecule has 1 fully saturated rings. The Kier molecular flexibility index (Phi) is 5.68. The van der Waals surface area contributed by atoms with Gasteiger partial charge in [0.05, 0.1) is 18.2 Å². The predicted octanol–water partition coefficient (Wildman–Crippen LogP) is 1.19. The van der Waals surface area contributed by atoms with Gasteiger partial charge in [-0.05, 0) is 36.0 Å². The molecule has 3 atom stereocenters. The summed E-state index contributed by atoms with van der Waals surface area (Å²) in [5.41, 5.74) is 6.85. The summed E-state index contributed by atoms with van der Waals surface area (Å²) in [6.45, 7) is 4.46. The van der Waals surface area contributed by atoms with Crippen molar-refractivity contribution in [1.29, 1.82) is 0 Å². The van der Waals surface area contributed by atoms with E-state index in [0.29, 0.717) is 24.4 Å². The number of carbonyl (C=O) groups excluding carboxylic acids is 1. The summed E-state index contributed by atoms with van der Waals surface area (Å²) in [7, 11) is 0. The first-order valence-corrected chi connectivity index (χ1v) is 8.23. The number of likely N-dealkylation sites (tertiary alicyclic amines) is 1. The smallest absolute Gasteiger partial charge is 0.240 e. The molecule has 23 heavy (non-hydrogen) atoms. The van der Waals surface area contributed by atoms with Gasteiger partial charge in [0.2, 0.25) is 5.91 Å². The molecule has 4 N–H and O–H groups in total. The van der Waals surface area contributed by atoms with Crippen LogP contribution in [0, 0.1) is 5.41 Å². The topological polar surface area (TPSA) is 86.8 Å². The molecule has 1 aliphatic heterocycles. The van der Waals surface area contributed by atoms with Gasteiger partial charge in [0.1, 0.15) is 0 Å². The van der Waals surface area contributed by atoms with Gasteiger partial charge in [0, 0.05) is 18.1 Å². The number of aliphatic hydroxyl groups excluding tert-OH is 2. The molecule has 0 aromatic heterocycles. The van der Waals surface area contributed by atoms with Crippen molar-refractivity contribution in [3.05, 3.63) is 34.9 Å². The van der Waals surface area contributed by atoms with Crippen molar-refractivity contribution in [1.82, 2.24) is 4.90 Å². The number of aliphatic hydroxyl groups is 2. The number of hydrogen-bond donors (Lipinski definition) is 3. The number of hydrogen-bond acceptors (Lipinski definition) is 4. The van der Waals surface area contributed by atoms with Gasteiger partial charge in [0.15, 0.2) is 0 Å². The fourth-order valence-corrected chi connectivity index (χ4v) is 3.01. The average molecular weight is 341 g/mol. The van der Waals surface area contributed by atoms with Crippen LogP contribution in [0.25, 0.3) is 0 Å². The summed E-state index contributed by atoms with van der Waals surface area (Å²) >= 11 is 5.89. The first-order valence-electron chi connectivity index (χ1n) is 7.85. The van der Waals surface area contributed by atoms with Crippen LogP contribution in [0.2, 0.25) is 5.02 Å². The van der Waals surface area contributed by atoms with E-state index in [1.165, 1.54) is 0 Å². The van der Waals surface area contributed by atoms with Gasteiger partial charge >= 0.3 is 0 Å². The Morgan fingerprint density at radius 1 is 1.35 bits per heavy atom. The number of nitrogens with two attached hydrogens (primary N) is 1. The average Bonchev–Trinajstić information content (AvgIpc) is 2.50. The highest BCUT2D eigenvalue weighted by Gasteiger charge is 2.37. The normalized spacial score (nSPS) is 23.7. The summed E-state index contributed by atoms with van der Waals surface area (Å²) in [5.74, 6) is -0.185. The molecule has 0 spiro atoms. The number of amides is 1. The minimum atomic E-state index is -0.903. The molecule has 1 saturated heterocycles. The van der Waals surface area contributed by atoms with Gasteiger partial charge in [0.25, 0.3) is 0 Å². The lowest BCUT2D eigenvalue weighted by atomic mass is 9.78. The second-order valence-electron chi connectivity index (χ2n) is 6.98. The maximum atomic E-state index is 12.6. The molecule has 128 valence electrons. The number of nitrogens with zero attached hydrogens (tertiary/aromatic N) is 1. The van der Waals surface area contributed by atoms with Gasteiger partial charge in [-0.15, -0.1) is 0 Å². The highest BCUT2D eigenvalue weighted by Crippen LogP contribution is 2.27. The standard InChI is InChI=1S/C17H25ClN2O3/c1-17(2,9-11-3-5-12(18)6-4-11)15(19)16(23)20-8-7-13(21)14(22)10-20/h3-6,13-15,21-22H,7-10,19H2,1-2H3/t13-,14-,15?/m0/s1. The van der Waals surface area contributed by atoms with E-state index >= 15 is 0 Å². The number of halogens is 1. The van der Waals surface area contributed by atoms with Gasteiger partial charge in [-0.2, -0.15) is 0 Å². The van der Waals surface area contributed by atoms with Gasteiger partial charge < -0.3 is 20.8 Å². The number of rotatable bonds is 4. The van der Waals surface area contributed by atoms with Gasteiger partial charge in [-0.3, -0.25) is 4.79 Å². The maximum Gasteiger partial charge on any atom is 0.240 e. The maximum absolute atomic E-state index is 12.6. The summed E-state index contributed by atoms with van der Waals surface area (Å²) < 4.78 is 0. The van der Waals surface area contributed by atoms with Crippen LogP contribution in [0.15, 0.2) is 24.3 Å². The van der Waals surface area contributed by atoms with Crippen molar-refractivity contribution in [3.63, 3.8) is 0 Å². The van der Waals surface area contributed by atoms with Crippen molar-refractivity contribution in [3.8, 4) is 0 Å². The molecule has 0 saturated carbocycles. The van der Waals surface area contributed by atoms with Crippen LogP contribution in [0.3, 0.4) is 0 Å². The minimum Gasteiger partial charge on any atom is -0.390 e. The van der Waals surface area contributed by atoms with Gasteiger partial charge in [-0.25, -0.2) is 0 Å². The van der Waals surface area contributed by atoms with E-state index in [2.05, 4.69) is 0 Å². The van der Waals surface area contributed by atoms with Crippen LogP contribution in [0.4, 0.5) is 0 Å². The van der Waals surface area contributed by atoms with E-state index in [1.807, 2.05) is 38.1 Å². The van der Waals surface area contributed by atoms with E-state index in [0.717, 1.165) is 5.56 Å². The number of β-amino-alcohol motifs (C(OH)–C–C–N with tert-alkyl or cyclic N) is 1. The first kappa shape index (κ1) is 18.2. The molecule has 0 radical (unpaired) electrons. The lowest BCUT2D eigenvalue weighted by molar-refractivity contribution is -0.141. The summed E-state index contributed by atoms with van der Waals surface area (Å²) in [6.07, 6.45) is -0.649. The lowest BCUT2D eigenvalue weighted by Gasteiger charge is -2.38. The SMILES string of the molecule is CC(C)(Cc1ccc(Cl)cc1)C(N)C(=O)N1CC[C@H](O)[C@@H](O)C1. The molecule has 0 bridgehead atoms. The zero-order valence-electron chi connectivity index (χ0n) is 13.6. The summed E-state index contributed by atoms with van der Waals surface area (Å²) in [6, 6.07) is 6.83. The molecule has 6 heteroatoms. The fourth-order valence-electron chi connectivity index (χ4n) is 2.89. The molecular formula is C17H25ClN2O3. The van der Waals surface area contributed by atoms with E-state index in [-0.39, 0.29) is 12.5 Å². The first-order chi connectivity index (χ1) is 10.7. The molecular weight excluding hydrogens is 316 g/mol. The van der Waals surface area contributed by atoms with Crippen molar-refractivity contribution in [2.24, 2.45) is 11.1 Å². The summed E-state index contributed by atoms with van der Waals surface area (Å²) in [4.78, 5) is 14.2. The van der Waals surface area contributed by atoms with Crippen LogP contribution >= 0.6 is 11.6 Å². The van der Waals surface area contributed by atoms with Crippen LogP contribution in [0.5, 0.6) is 0 Å². The largest absolute Gasteiger partial charge is 0.390 e. The minimum absolute atomic E-state index is 0.130. The predicted molar refractivity (Wildman–Crippen MR) is 90.1 cm³/mol. The molecule has 0 aliphatic carbocycles. The molecule has 1 heterocycles. The number of piperidine rings is 1. The molecule has 1 aromatic carbocycles. The third-order valence-electron chi connectivity index (χ3n) is 4.54. The van der Waals surface area contributed by atoms with Crippen molar-refractivity contribution < 1.29 is 15.0 Å². The Balaban J connectivity index is 2.03. The third kappa shape index (κ3) is 4.44. The zero-order valence-corrected chi connectivity index (χ0v) is 14.3. The Morgan fingerprint density at radius 2 is 1.96 bits per heavy atom. The molecule has 2 rings (SSSR count).